The van der Waals surface area contributed by atoms with Crippen molar-refractivity contribution < 1.29 is 8.42 Å². The lowest BCUT2D eigenvalue weighted by Crippen LogP contribution is -2.32. The molecular formula is C13H21NO2S2. The standard InChI is InChI=1S/C13H21NO2S2/c1-4-6-7-10-14(9-5-2)18(15,16)13-12(3)8-11-17-13/h4,6,8,11H,5,7,9-10H2,1-3H3. The fraction of sp³-hybridized carbons (Fsp3) is 0.538. The van der Waals surface area contributed by atoms with Crippen LogP contribution in [-0.2, 0) is 10.0 Å². The van der Waals surface area contributed by atoms with Crippen molar-refractivity contribution in [2.45, 2.75) is 37.8 Å². The number of allylic oxidation sites excluding steroid dienone is 1. The Labute approximate surface area is 114 Å². The second-order valence-electron chi connectivity index (χ2n) is 4.15. The van der Waals surface area contributed by atoms with Gasteiger partial charge in [0.15, 0.2) is 0 Å². The Morgan fingerprint density at radius 1 is 1.39 bits per heavy atom. The maximum Gasteiger partial charge on any atom is 0.252 e. The smallest absolute Gasteiger partial charge is 0.206 e. The average molecular weight is 287 g/mol. The van der Waals surface area contributed by atoms with Crippen LogP contribution in [0, 0.1) is 6.92 Å². The Balaban J connectivity index is 2.93. The fourth-order valence-corrected chi connectivity index (χ4v) is 4.82. The number of rotatable bonds is 7. The Morgan fingerprint density at radius 3 is 2.61 bits per heavy atom. The molecule has 0 fully saturated rings. The lowest BCUT2D eigenvalue weighted by molar-refractivity contribution is 0.417. The van der Waals surface area contributed by atoms with Gasteiger partial charge in [-0.25, -0.2) is 8.42 Å². The SMILES string of the molecule is CC=CCCN(CCC)S(=O)(=O)c1sccc1C. The van der Waals surface area contributed by atoms with E-state index in [1.165, 1.54) is 11.3 Å². The molecule has 0 aliphatic rings. The number of thiophene rings is 1. The highest BCUT2D eigenvalue weighted by Gasteiger charge is 2.25. The maximum absolute atomic E-state index is 12.5. The van der Waals surface area contributed by atoms with E-state index in [0.29, 0.717) is 17.3 Å². The van der Waals surface area contributed by atoms with Crippen molar-refractivity contribution in [3.8, 4) is 0 Å². The van der Waals surface area contributed by atoms with Crippen LogP contribution in [0.3, 0.4) is 0 Å². The zero-order valence-electron chi connectivity index (χ0n) is 11.2. The molecule has 0 aliphatic carbocycles. The Kier molecular flexibility index (Phi) is 6.05. The van der Waals surface area contributed by atoms with Crippen molar-refractivity contribution in [3.63, 3.8) is 0 Å². The van der Waals surface area contributed by atoms with Gasteiger partial charge < -0.3 is 0 Å². The number of sulfonamides is 1. The van der Waals surface area contributed by atoms with Crippen LogP contribution < -0.4 is 0 Å². The van der Waals surface area contributed by atoms with Crippen LogP contribution in [0.1, 0.15) is 32.3 Å². The van der Waals surface area contributed by atoms with Crippen LogP contribution in [0.2, 0.25) is 0 Å². The second-order valence-corrected chi connectivity index (χ2v) is 7.20. The first-order chi connectivity index (χ1) is 8.54. The summed E-state index contributed by atoms with van der Waals surface area (Å²) in [5, 5.41) is 1.83. The minimum absolute atomic E-state index is 0.483. The van der Waals surface area contributed by atoms with E-state index >= 15 is 0 Å². The third kappa shape index (κ3) is 3.67. The van der Waals surface area contributed by atoms with E-state index in [-0.39, 0.29) is 0 Å². The molecule has 0 radical (unpaired) electrons. The molecular weight excluding hydrogens is 266 g/mol. The first-order valence-electron chi connectivity index (χ1n) is 6.19. The van der Waals surface area contributed by atoms with Crippen molar-refractivity contribution in [2.24, 2.45) is 0 Å². The lowest BCUT2D eigenvalue weighted by Gasteiger charge is -2.20. The highest BCUT2D eigenvalue weighted by molar-refractivity contribution is 7.91. The molecule has 0 N–H and O–H groups in total. The van der Waals surface area contributed by atoms with E-state index in [1.807, 2.05) is 44.4 Å². The first-order valence-corrected chi connectivity index (χ1v) is 8.51. The summed E-state index contributed by atoms with van der Waals surface area (Å²) in [5.41, 5.74) is 0.840. The zero-order chi connectivity index (χ0) is 13.6. The Morgan fingerprint density at radius 2 is 2.11 bits per heavy atom. The van der Waals surface area contributed by atoms with E-state index in [4.69, 9.17) is 0 Å². The van der Waals surface area contributed by atoms with Gasteiger partial charge >= 0.3 is 0 Å². The van der Waals surface area contributed by atoms with Gasteiger partial charge in [-0.3, -0.25) is 0 Å². The van der Waals surface area contributed by atoms with Crippen LogP contribution in [0.15, 0.2) is 27.8 Å². The normalized spacial score (nSPS) is 12.7. The van der Waals surface area contributed by atoms with Crippen LogP contribution >= 0.6 is 11.3 Å². The van der Waals surface area contributed by atoms with Crippen LogP contribution in [-0.4, -0.2) is 25.8 Å². The number of hydrogen-bond donors (Lipinski definition) is 0. The quantitative estimate of drug-likeness (QED) is 0.721. The van der Waals surface area contributed by atoms with E-state index in [9.17, 15) is 8.42 Å². The van der Waals surface area contributed by atoms with Gasteiger partial charge in [-0.05, 0) is 43.7 Å². The topological polar surface area (TPSA) is 37.4 Å². The molecule has 1 heterocycles. The van der Waals surface area contributed by atoms with Crippen molar-refractivity contribution in [1.82, 2.24) is 4.31 Å². The summed E-state index contributed by atoms with van der Waals surface area (Å²) in [5.74, 6) is 0. The van der Waals surface area contributed by atoms with E-state index in [1.54, 1.807) is 4.31 Å². The van der Waals surface area contributed by atoms with Crippen molar-refractivity contribution >= 4 is 21.4 Å². The molecule has 0 spiro atoms. The third-order valence-electron chi connectivity index (χ3n) is 2.64. The van der Waals surface area contributed by atoms with Gasteiger partial charge in [0.25, 0.3) is 10.0 Å². The summed E-state index contributed by atoms with van der Waals surface area (Å²) < 4.78 is 27.1. The second kappa shape index (κ2) is 7.07. The molecule has 1 aromatic rings. The molecule has 0 unspecified atom stereocenters. The van der Waals surface area contributed by atoms with Crippen molar-refractivity contribution in [3.05, 3.63) is 29.2 Å². The highest BCUT2D eigenvalue weighted by Crippen LogP contribution is 2.25. The Bertz CT molecular complexity index is 489. The predicted molar refractivity (Wildman–Crippen MR) is 77.5 cm³/mol. The number of aryl methyl sites for hydroxylation is 1. The molecule has 102 valence electrons. The molecule has 3 nitrogen and oxygen atoms in total. The van der Waals surface area contributed by atoms with Gasteiger partial charge in [-0.2, -0.15) is 4.31 Å². The first kappa shape index (κ1) is 15.4. The minimum atomic E-state index is -3.31. The molecule has 5 heteroatoms. The molecule has 0 saturated carbocycles. The van der Waals surface area contributed by atoms with Gasteiger partial charge in [-0.1, -0.05) is 19.1 Å². The fourth-order valence-electron chi connectivity index (χ4n) is 1.73. The summed E-state index contributed by atoms with van der Waals surface area (Å²) in [6.07, 6.45) is 5.55. The summed E-state index contributed by atoms with van der Waals surface area (Å²) >= 11 is 1.30. The van der Waals surface area contributed by atoms with E-state index in [0.717, 1.165) is 18.4 Å². The zero-order valence-corrected chi connectivity index (χ0v) is 12.9. The number of hydrogen-bond acceptors (Lipinski definition) is 3. The molecule has 0 amide bonds. The molecule has 18 heavy (non-hydrogen) atoms. The van der Waals surface area contributed by atoms with Gasteiger partial charge in [0.05, 0.1) is 0 Å². The van der Waals surface area contributed by atoms with Crippen molar-refractivity contribution in [1.29, 1.82) is 0 Å². The van der Waals surface area contributed by atoms with Crippen LogP contribution in [0.4, 0.5) is 0 Å². The van der Waals surface area contributed by atoms with E-state index < -0.39 is 10.0 Å². The molecule has 0 aromatic carbocycles. The Hall–Kier alpha value is -0.650. The van der Waals surface area contributed by atoms with E-state index in [2.05, 4.69) is 0 Å². The summed E-state index contributed by atoms with van der Waals surface area (Å²) in [6, 6.07) is 1.85. The lowest BCUT2D eigenvalue weighted by atomic mass is 10.3. The summed E-state index contributed by atoms with van der Waals surface area (Å²) in [6.45, 7) is 6.93. The molecule has 0 bridgehead atoms. The number of nitrogens with zero attached hydrogens (tertiary/aromatic N) is 1. The molecule has 0 aliphatic heterocycles. The minimum Gasteiger partial charge on any atom is -0.206 e. The highest BCUT2D eigenvalue weighted by atomic mass is 32.2. The van der Waals surface area contributed by atoms with Crippen LogP contribution in [0.25, 0.3) is 0 Å². The maximum atomic E-state index is 12.5. The summed E-state index contributed by atoms with van der Waals surface area (Å²) in [7, 11) is -3.31. The molecule has 1 rings (SSSR count). The molecule has 0 atom stereocenters. The largest absolute Gasteiger partial charge is 0.252 e. The van der Waals surface area contributed by atoms with Gasteiger partial charge in [-0.15, -0.1) is 11.3 Å². The molecule has 0 saturated heterocycles. The average Bonchev–Trinajstić information content (AvgIpc) is 2.75. The molecule has 1 aromatic heterocycles. The van der Waals surface area contributed by atoms with Gasteiger partial charge in [0.2, 0.25) is 0 Å². The third-order valence-corrected chi connectivity index (χ3v) is 6.21. The predicted octanol–water partition coefficient (Wildman–Crippen LogP) is 3.42. The monoisotopic (exact) mass is 287 g/mol. The summed E-state index contributed by atoms with van der Waals surface area (Å²) in [4.78, 5) is 0. The van der Waals surface area contributed by atoms with Crippen molar-refractivity contribution in [2.75, 3.05) is 13.1 Å². The van der Waals surface area contributed by atoms with Gasteiger partial charge in [0, 0.05) is 13.1 Å². The van der Waals surface area contributed by atoms with Gasteiger partial charge in [0.1, 0.15) is 4.21 Å². The van der Waals surface area contributed by atoms with Crippen LogP contribution in [0.5, 0.6) is 0 Å².